The first kappa shape index (κ1) is 22.3. The van der Waals surface area contributed by atoms with Crippen molar-refractivity contribution in [3.05, 3.63) is 97.7 Å². The molecule has 0 aliphatic carbocycles. The summed E-state index contributed by atoms with van der Waals surface area (Å²) >= 11 is 9.66. The molecular weight excluding hydrogens is 516 g/mol. The molecule has 10 heteroatoms. The van der Waals surface area contributed by atoms with Crippen molar-refractivity contribution in [2.24, 2.45) is 0 Å². The molecular formula is C22H12BrClF4N2O2. The summed E-state index contributed by atoms with van der Waals surface area (Å²) in [5, 5.41) is 5.66. The fraction of sp³-hybridized carbons (Fsp3) is 0.0909. The number of carbonyl (C=O) groups excluding carboxylic acids is 2. The van der Waals surface area contributed by atoms with E-state index in [1.807, 2.05) is 0 Å². The third kappa shape index (κ3) is 4.22. The number of nitrogens with one attached hydrogen (secondary N) is 2. The Morgan fingerprint density at radius 3 is 2.56 bits per heavy atom. The number of hydrogen-bond donors (Lipinski definition) is 2. The molecule has 1 unspecified atom stereocenters. The number of hydrogen-bond acceptors (Lipinski definition) is 2. The van der Waals surface area contributed by atoms with Crippen LogP contribution in [-0.2, 0) is 6.18 Å². The van der Waals surface area contributed by atoms with E-state index in [-0.39, 0.29) is 11.3 Å². The number of alkyl halides is 3. The normalized spacial score (nSPS) is 15.3. The second-order valence-electron chi connectivity index (χ2n) is 7.02. The molecule has 2 amide bonds. The van der Waals surface area contributed by atoms with Crippen LogP contribution < -0.4 is 10.6 Å². The second-order valence-corrected chi connectivity index (χ2v) is 8.34. The van der Waals surface area contributed by atoms with Gasteiger partial charge < -0.3 is 10.6 Å². The molecule has 0 saturated carbocycles. The van der Waals surface area contributed by atoms with Crippen LogP contribution in [0.4, 0.5) is 23.2 Å². The molecule has 4 nitrogen and oxygen atoms in total. The van der Waals surface area contributed by atoms with Crippen LogP contribution in [0, 0.1) is 5.82 Å². The molecule has 0 bridgehead atoms. The highest BCUT2D eigenvalue weighted by molar-refractivity contribution is 9.10. The van der Waals surface area contributed by atoms with E-state index in [0.29, 0.717) is 38.8 Å². The maximum absolute atomic E-state index is 13.7. The molecule has 3 aromatic rings. The minimum atomic E-state index is -4.82. The van der Waals surface area contributed by atoms with Gasteiger partial charge in [-0.3, -0.25) is 9.59 Å². The molecule has 1 atom stereocenters. The van der Waals surface area contributed by atoms with Crippen molar-refractivity contribution in [3.63, 3.8) is 0 Å². The fourth-order valence-corrected chi connectivity index (χ4v) is 4.12. The first-order valence-electron chi connectivity index (χ1n) is 9.12. The third-order valence-electron chi connectivity index (χ3n) is 4.92. The van der Waals surface area contributed by atoms with Gasteiger partial charge in [-0.25, -0.2) is 4.39 Å². The van der Waals surface area contributed by atoms with E-state index < -0.39 is 41.0 Å². The van der Waals surface area contributed by atoms with Crippen molar-refractivity contribution in [1.82, 2.24) is 5.32 Å². The van der Waals surface area contributed by atoms with E-state index in [2.05, 4.69) is 26.6 Å². The van der Waals surface area contributed by atoms with Gasteiger partial charge >= 0.3 is 6.18 Å². The zero-order valence-electron chi connectivity index (χ0n) is 15.9. The Labute approximate surface area is 192 Å². The summed E-state index contributed by atoms with van der Waals surface area (Å²) in [5.41, 5.74) is -0.372. The Morgan fingerprint density at radius 1 is 1.09 bits per heavy atom. The summed E-state index contributed by atoms with van der Waals surface area (Å²) in [6, 6.07) is 10.5. The van der Waals surface area contributed by atoms with Crippen molar-refractivity contribution in [2.75, 3.05) is 5.32 Å². The highest BCUT2D eigenvalue weighted by atomic mass is 79.9. The van der Waals surface area contributed by atoms with Gasteiger partial charge in [-0.05, 0) is 54.1 Å². The molecule has 1 aliphatic heterocycles. The maximum atomic E-state index is 13.7. The van der Waals surface area contributed by atoms with Crippen molar-refractivity contribution >= 4 is 45.0 Å². The van der Waals surface area contributed by atoms with Crippen molar-refractivity contribution < 1.29 is 27.2 Å². The van der Waals surface area contributed by atoms with Crippen molar-refractivity contribution in [3.8, 4) is 0 Å². The van der Waals surface area contributed by atoms with Gasteiger partial charge in [0.1, 0.15) is 5.82 Å². The van der Waals surface area contributed by atoms with Crippen molar-refractivity contribution in [1.29, 1.82) is 0 Å². The van der Waals surface area contributed by atoms with Gasteiger partial charge in [-0.2, -0.15) is 13.2 Å². The van der Waals surface area contributed by atoms with E-state index in [9.17, 15) is 27.2 Å². The molecule has 2 N–H and O–H groups in total. The maximum Gasteiger partial charge on any atom is 0.416 e. The van der Waals surface area contributed by atoms with Crippen LogP contribution in [0.5, 0.6) is 0 Å². The third-order valence-corrected chi connectivity index (χ3v) is 5.76. The number of benzene rings is 3. The van der Waals surface area contributed by atoms with Crippen LogP contribution >= 0.6 is 27.5 Å². The minimum Gasteiger partial charge on any atom is -0.341 e. The van der Waals surface area contributed by atoms with Gasteiger partial charge in [0.2, 0.25) is 0 Å². The molecule has 0 spiro atoms. The van der Waals surface area contributed by atoms with Crippen molar-refractivity contribution in [2.45, 2.75) is 12.2 Å². The monoisotopic (exact) mass is 526 g/mol. The topological polar surface area (TPSA) is 58.2 Å². The zero-order chi connectivity index (χ0) is 23.2. The number of halogens is 6. The number of amides is 2. The number of anilines is 1. The lowest BCUT2D eigenvalue weighted by atomic mass is 9.96. The minimum absolute atomic E-state index is 0.185. The molecule has 0 fully saturated rings. The largest absolute Gasteiger partial charge is 0.416 e. The average molecular weight is 528 g/mol. The Bertz CT molecular complexity index is 1260. The van der Waals surface area contributed by atoms with Gasteiger partial charge in [0.15, 0.2) is 0 Å². The Kier molecular flexibility index (Phi) is 5.72. The first-order chi connectivity index (χ1) is 15.0. The standard InChI is InChI=1S/C22H12BrClF4N2O2/c23-12-4-5-16(24)15(9-12)19-18-14(21(32)30-19)2-1-3-17(18)29-20(31)10-6-11(22(26,27)28)8-13(25)7-10/h1-9,19H,(H,29,31)(H,30,32). The highest BCUT2D eigenvalue weighted by Crippen LogP contribution is 2.40. The highest BCUT2D eigenvalue weighted by Gasteiger charge is 2.35. The van der Waals surface area contributed by atoms with Gasteiger partial charge in [-0.15, -0.1) is 0 Å². The van der Waals surface area contributed by atoms with Crippen LogP contribution in [0.3, 0.4) is 0 Å². The lowest BCUT2D eigenvalue weighted by Gasteiger charge is -2.18. The molecule has 0 radical (unpaired) electrons. The molecule has 164 valence electrons. The zero-order valence-corrected chi connectivity index (χ0v) is 18.2. The summed E-state index contributed by atoms with van der Waals surface area (Å²) in [6.07, 6.45) is -4.82. The number of carbonyl (C=O) groups is 2. The number of fused-ring (bicyclic) bond motifs is 1. The first-order valence-corrected chi connectivity index (χ1v) is 10.3. The SMILES string of the molecule is O=C(Nc1cccc2c1C(c1cc(Br)ccc1Cl)NC2=O)c1cc(F)cc(C(F)(F)F)c1. The second kappa shape index (κ2) is 8.22. The Balaban J connectivity index is 1.75. The molecule has 3 aromatic carbocycles. The Morgan fingerprint density at radius 2 is 1.84 bits per heavy atom. The molecule has 1 heterocycles. The smallest absolute Gasteiger partial charge is 0.341 e. The van der Waals surface area contributed by atoms with Crippen LogP contribution in [0.2, 0.25) is 5.02 Å². The lowest BCUT2D eigenvalue weighted by molar-refractivity contribution is -0.137. The van der Waals surface area contributed by atoms with E-state index >= 15 is 0 Å². The predicted molar refractivity (Wildman–Crippen MR) is 114 cm³/mol. The predicted octanol–water partition coefficient (Wildman–Crippen LogP) is 6.35. The van der Waals surface area contributed by atoms with E-state index in [1.165, 1.54) is 12.1 Å². The van der Waals surface area contributed by atoms with Gasteiger partial charge in [0, 0.05) is 31.9 Å². The summed E-state index contributed by atoms with van der Waals surface area (Å²) in [5.74, 6) is -2.55. The van der Waals surface area contributed by atoms with Crippen LogP contribution in [0.25, 0.3) is 0 Å². The summed E-state index contributed by atoms with van der Waals surface area (Å²) in [6.45, 7) is 0. The average Bonchev–Trinajstić information content (AvgIpc) is 3.06. The quantitative estimate of drug-likeness (QED) is 0.390. The van der Waals surface area contributed by atoms with Gasteiger partial charge in [0.25, 0.3) is 11.8 Å². The van der Waals surface area contributed by atoms with Crippen LogP contribution in [0.1, 0.15) is 43.4 Å². The van der Waals surface area contributed by atoms with E-state index in [4.69, 9.17) is 11.6 Å². The molecule has 1 aliphatic rings. The summed E-state index contributed by atoms with van der Waals surface area (Å²) in [4.78, 5) is 25.2. The number of rotatable bonds is 3. The Hall–Kier alpha value is -2.91. The molecule has 0 aromatic heterocycles. The van der Waals surface area contributed by atoms with Gasteiger partial charge in [-0.1, -0.05) is 33.6 Å². The van der Waals surface area contributed by atoms with Crippen LogP contribution in [-0.4, -0.2) is 11.8 Å². The molecule has 4 rings (SSSR count). The van der Waals surface area contributed by atoms with E-state index in [0.717, 1.165) is 0 Å². The molecule has 32 heavy (non-hydrogen) atoms. The summed E-state index contributed by atoms with van der Waals surface area (Å²) < 4.78 is 53.5. The summed E-state index contributed by atoms with van der Waals surface area (Å²) in [7, 11) is 0. The lowest BCUT2D eigenvalue weighted by Crippen LogP contribution is -2.21. The molecule has 0 saturated heterocycles. The van der Waals surface area contributed by atoms with E-state index in [1.54, 1.807) is 24.3 Å². The van der Waals surface area contributed by atoms with Crippen LogP contribution in [0.15, 0.2) is 59.1 Å². The fourth-order valence-electron chi connectivity index (χ4n) is 3.51. The van der Waals surface area contributed by atoms with Gasteiger partial charge in [0.05, 0.1) is 11.6 Å².